The van der Waals surface area contributed by atoms with Crippen LogP contribution in [0.25, 0.3) is 11.0 Å². The van der Waals surface area contributed by atoms with Crippen molar-refractivity contribution in [3.63, 3.8) is 0 Å². The molecule has 0 bridgehead atoms. The third-order valence-corrected chi connectivity index (χ3v) is 6.86. The first kappa shape index (κ1) is 24.8. The number of hydrogen-bond donors (Lipinski definition) is 0. The number of halogens is 1. The van der Waals surface area contributed by atoms with E-state index in [-0.39, 0.29) is 28.2 Å². The molecule has 1 aromatic heterocycles. The maximum absolute atomic E-state index is 14.0. The fourth-order valence-electron chi connectivity index (χ4n) is 4.86. The molecule has 3 aromatic carbocycles. The lowest BCUT2D eigenvalue weighted by Gasteiger charge is -2.25. The molecular formula is C31H30FNO4. The molecule has 0 radical (unpaired) electrons. The van der Waals surface area contributed by atoms with E-state index in [1.807, 2.05) is 55.5 Å². The van der Waals surface area contributed by atoms with E-state index in [0.29, 0.717) is 13.2 Å². The quantitative estimate of drug-likeness (QED) is 0.234. The summed E-state index contributed by atoms with van der Waals surface area (Å²) in [5, 5.41) is 0.126. The van der Waals surface area contributed by atoms with Crippen LogP contribution in [0.1, 0.15) is 71.5 Å². The Morgan fingerprint density at radius 3 is 2.43 bits per heavy atom. The van der Waals surface area contributed by atoms with Crippen molar-refractivity contribution in [2.75, 3.05) is 6.61 Å². The van der Waals surface area contributed by atoms with E-state index < -0.39 is 17.3 Å². The van der Waals surface area contributed by atoms with Gasteiger partial charge < -0.3 is 14.1 Å². The fraction of sp³-hybridized carbons (Fsp3) is 0.290. The summed E-state index contributed by atoms with van der Waals surface area (Å²) in [6, 6.07) is 18.5. The maximum atomic E-state index is 14.0. The van der Waals surface area contributed by atoms with Crippen LogP contribution < -0.4 is 10.2 Å². The van der Waals surface area contributed by atoms with Gasteiger partial charge in [-0.2, -0.15) is 0 Å². The number of fused-ring (bicyclic) bond motifs is 2. The molecule has 0 saturated heterocycles. The molecule has 0 saturated carbocycles. The first-order valence-corrected chi connectivity index (χ1v) is 12.8. The summed E-state index contributed by atoms with van der Waals surface area (Å²) in [6.45, 7) is 5.12. The van der Waals surface area contributed by atoms with Gasteiger partial charge in [-0.3, -0.25) is 9.59 Å². The smallest absolute Gasteiger partial charge is 0.291 e. The topological polar surface area (TPSA) is 59.8 Å². The molecule has 190 valence electrons. The number of amides is 1. The molecule has 1 amide bonds. The Balaban J connectivity index is 1.53. The molecule has 1 aliphatic heterocycles. The Labute approximate surface area is 215 Å². The zero-order valence-electron chi connectivity index (χ0n) is 21.1. The van der Waals surface area contributed by atoms with E-state index in [9.17, 15) is 14.0 Å². The van der Waals surface area contributed by atoms with Gasteiger partial charge >= 0.3 is 0 Å². The van der Waals surface area contributed by atoms with Gasteiger partial charge in [-0.1, -0.05) is 68.1 Å². The summed E-state index contributed by atoms with van der Waals surface area (Å²) in [7, 11) is 0. The Hall–Kier alpha value is -3.93. The molecule has 6 heteroatoms. The van der Waals surface area contributed by atoms with Gasteiger partial charge in [-0.15, -0.1) is 0 Å². The number of carbonyl (C=O) groups excluding carboxylic acids is 1. The van der Waals surface area contributed by atoms with E-state index >= 15 is 0 Å². The fourth-order valence-corrected chi connectivity index (χ4v) is 4.86. The second-order valence-corrected chi connectivity index (χ2v) is 9.61. The number of benzene rings is 3. The maximum Gasteiger partial charge on any atom is 0.291 e. The molecule has 1 atom stereocenters. The van der Waals surface area contributed by atoms with E-state index in [1.165, 1.54) is 31.0 Å². The first-order chi connectivity index (χ1) is 18.0. The number of ether oxygens (including phenoxy) is 1. The van der Waals surface area contributed by atoms with Gasteiger partial charge in [0.1, 0.15) is 17.1 Å². The van der Waals surface area contributed by atoms with E-state index in [2.05, 4.69) is 6.92 Å². The zero-order chi connectivity index (χ0) is 25.9. The lowest BCUT2D eigenvalue weighted by atomic mass is 9.98. The molecule has 2 heterocycles. The number of carbonyl (C=O) groups is 1. The highest BCUT2D eigenvalue weighted by atomic mass is 19.1. The molecule has 0 spiro atoms. The Morgan fingerprint density at radius 2 is 1.70 bits per heavy atom. The van der Waals surface area contributed by atoms with Crippen molar-refractivity contribution in [2.24, 2.45) is 0 Å². The summed E-state index contributed by atoms with van der Waals surface area (Å²) in [4.78, 5) is 28.9. The molecule has 1 aliphatic rings. The minimum Gasteiger partial charge on any atom is -0.494 e. The van der Waals surface area contributed by atoms with Crippen molar-refractivity contribution in [3.05, 3.63) is 111 Å². The van der Waals surface area contributed by atoms with Gasteiger partial charge in [0.05, 0.1) is 23.6 Å². The van der Waals surface area contributed by atoms with E-state index in [4.69, 9.17) is 9.15 Å². The largest absolute Gasteiger partial charge is 0.494 e. The van der Waals surface area contributed by atoms with Crippen LogP contribution in [0.2, 0.25) is 0 Å². The molecule has 0 fully saturated rings. The Morgan fingerprint density at radius 1 is 0.946 bits per heavy atom. The van der Waals surface area contributed by atoms with Crippen molar-refractivity contribution in [2.45, 2.75) is 52.1 Å². The average molecular weight is 500 g/mol. The lowest BCUT2D eigenvalue weighted by Crippen LogP contribution is -2.29. The van der Waals surface area contributed by atoms with Crippen molar-refractivity contribution < 1.29 is 18.3 Å². The van der Waals surface area contributed by atoms with Gasteiger partial charge in [0, 0.05) is 6.54 Å². The van der Waals surface area contributed by atoms with Crippen LogP contribution in [0.3, 0.4) is 0 Å². The molecule has 1 unspecified atom stereocenters. The van der Waals surface area contributed by atoms with Crippen molar-refractivity contribution in [1.29, 1.82) is 0 Å². The van der Waals surface area contributed by atoms with Crippen LogP contribution in [0.15, 0.2) is 75.9 Å². The Bertz CT molecular complexity index is 1470. The molecule has 4 aromatic rings. The predicted octanol–water partition coefficient (Wildman–Crippen LogP) is 6.95. The van der Waals surface area contributed by atoms with Gasteiger partial charge in [-0.25, -0.2) is 4.39 Å². The number of unbranched alkanes of at least 4 members (excludes halogenated alkanes) is 3. The highest BCUT2D eigenvalue weighted by Gasteiger charge is 2.42. The predicted molar refractivity (Wildman–Crippen MR) is 141 cm³/mol. The highest BCUT2D eigenvalue weighted by Crippen LogP contribution is 2.39. The minimum absolute atomic E-state index is 0.0115. The van der Waals surface area contributed by atoms with Crippen LogP contribution in [0.4, 0.5) is 4.39 Å². The van der Waals surface area contributed by atoms with Crippen molar-refractivity contribution >= 4 is 16.9 Å². The number of hydrogen-bond acceptors (Lipinski definition) is 4. The second-order valence-electron chi connectivity index (χ2n) is 9.61. The minimum atomic E-state index is -0.661. The molecule has 0 N–H and O–H groups in total. The van der Waals surface area contributed by atoms with Crippen LogP contribution >= 0.6 is 0 Å². The van der Waals surface area contributed by atoms with Crippen LogP contribution in [-0.2, 0) is 6.54 Å². The lowest BCUT2D eigenvalue weighted by molar-refractivity contribution is 0.0714. The highest BCUT2D eigenvalue weighted by molar-refractivity contribution is 5.99. The van der Waals surface area contributed by atoms with E-state index in [1.54, 1.807) is 4.90 Å². The summed E-state index contributed by atoms with van der Waals surface area (Å²) in [6.07, 6.45) is 4.49. The SMILES string of the molecule is CCCCCCOc1ccc(C2c3c(oc4ccc(F)cc4c3=O)C(=O)N2Cc2ccc(C)cc2)cc1. The summed E-state index contributed by atoms with van der Waals surface area (Å²) in [5.41, 5.74) is 2.86. The molecule has 0 aliphatic carbocycles. The number of rotatable bonds is 9. The number of nitrogens with zero attached hydrogens (tertiary/aromatic N) is 1. The first-order valence-electron chi connectivity index (χ1n) is 12.8. The van der Waals surface area contributed by atoms with E-state index in [0.717, 1.165) is 35.3 Å². The van der Waals surface area contributed by atoms with Crippen LogP contribution in [-0.4, -0.2) is 17.4 Å². The zero-order valence-corrected chi connectivity index (χ0v) is 21.1. The number of aryl methyl sites for hydroxylation is 1. The second kappa shape index (κ2) is 10.6. The third-order valence-electron chi connectivity index (χ3n) is 6.86. The van der Waals surface area contributed by atoms with Crippen molar-refractivity contribution in [3.8, 4) is 5.75 Å². The molecular weight excluding hydrogens is 469 g/mol. The van der Waals surface area contributed by atoms with Crippen molar-refractivity contribution in [1.82, 2.24) is 4.90 Å². The van der Waals surface area contributed by atoms with Crippen LogP contribution in [0.5, 0.6) is 5.75 Å². The van der Waals surface area contributed by atoms with Gasteiger partial charge in [0.25, 0.3) is 5.91 Å². The van der Waals surface area contributed by atoms with Crippen LogP contribution in [0, 0.1) is 12.7 Å². The molecule has 5 nitrogen and oxygen atoms in total. The summed E-state index contributed by atoms with van der Waals surface area (Å²) >= 11 is 0. The van der Waals surface area contributed by atoms with Gasteiger partial charge in [-0.05, 0) is 54.8 Å². The third kappa shape index (κ3) is 5.01. The Kier molecular flexibility index (Phi) is 7.08. The average Bonchev–Trinajstić information content (AvgIpc) is 3.17. The monoisotopic (exact) mass is 499 g/mol. The van der Waals surface area contributed by atoms with Gasteiger partial charge in [0.15, 0.2) is 5.43 Å². The molecule has 5 rings (SSSR count). The normalized spacial score (nSPS) is 14.8. The van der Waals surface area contributed by atoms with Gasteiger partial charge in [0.2, 0.25) is 5.76 Å². The molecule has 37 heavy (non-hydrogen) atoms. The summed E-state index contributed by atoms with van der Waals surface area (Å²) < 4.78 is 25.8. The standard InChI is InChI=1S/C31H30FNO4/c1-3-4-5-6-17-36-24-14-11-22(12-15-24)28-27-29(34)25-18-23(32)13-16-26(25)37-30(27)31(35)33(28)19-21-9-7-20(2)8-10-21/h7-16,18,28H,3-6,17,19H2,1-2H3. The summed E-state index contributed by atoms with van der Waals surface area (Å²) in [5.74, 6) is -0.141.